The molecule has 38 heavy (non-hydrogen) atoms. The van der Waals surface area contributed by atoms with Crippen molar-refractivity contribution in [1.29, 1.82) is 0 Å². The van der Waals surface area contributed by atoms with E-state index < -0.39 is 11.9 Å². The number of hydrogen-bond donors (Lipinski definition) is 0. The first kappa shape index (κ1) is 28.8. The van der Waals surface area contributed by atoms with Crippen LogP contribution in [0.3, 0.4) is 0 Å². The maximum Gasteiger partial charge on any atom is 0.334 e. The summed E-state index contributed by atoms with van der Waals surface area (Å²) >= 11 is 0. The number of fused-ring (bicyclic) bond motifs is 3. The highest BCUT2D eigenvalue weighted by Crippen LogP contribution is 2.32. The lowest BCUT2D eigenvalue weighted by Crippen LogP contribution is -2.17. The summed E-state index contributed by atoms with van der Waals surface area (Å²) in [5, 5.41) is 5.59. The summed E-state index contributed by atoms with van der Waals surface area (Å²) in [6, 6.07) is 11.2. The fourth-order valence-electron chi connectivity index (χ4n) is 4.63. The third-order valence-electron chi connectivity index (χ3n) is 6.73. The molecule has 8 heteroatoms. The summed E-state index contributed by atoms with van der Waals surface area (Å²) in [5.41, 5.74) is 3.02. The van der Waals surface area contributed by atoms with Gasteiger partial charge in [-0.2, -0.15) is 0 Å². The van der Waals surface area contributed by atoms with Gasteiger partial charge in [0.2, 0.25) is 5.78 Å². The van der Waals surface area contributed by atoms with Gasteiger partial charge >= 0.3 is 11.9 Å². The van der Waals surface area contributed by atoms with Gasteiger partial charge in [-0.1, -0.05) is 32.3 Å². The number of benzene rings is 2. The van der Waals surface area contributed by atoms with E-state index in [1.807, 2.05) is 31.2 Å². The minimum absolute atomic E-state index is 0.0542. The van der Waals surface area contributed by atoms with E-state index in [1.165, 1.54) is 7.11 Å². The van der Waals surface area contributed by atoms with Crippen LogP contribution < -0.4 is 0 Å². The predicted octanol–water partition coefficient (Wildman–Crippen LogP) is 6.27. The van der Waals surface area contributed by atoms with Crippen molar-refractivity contribution in [2.24, 2.45) is 11.1 Å². The van der Waals surface area contributed by atoms with E-state index in [0.29, 0.717) is 17.5 Å². The van der Waals surface area contributed by atoms with Crippen molar-refractivity contribution >= 4 is 51.0 Å². The van der Waals surface area contributed by atoms with Crippen molar-refractivity contribution in [3.05, 3.63) is 47.5 Å². The number of aryl methyl sites for hydroxylation is 1. The maximum absolute atomic E-state index is 13.5. The molecule has 0 spiro atoms. The molecule has 0 saturated heterocycles. The molecule has 1 heterocycles. The normalized spacial score (nSPS) is 12.5. The lowest BCUT2D eigenvalue weighted by Gasteiger charge is -2.09. The maximum atomic E-state index is 13.5. The van der Waals surface area contributed by atoms with E-state index in [1.54, 1.807) is 19.1 Å². The van der Waals surface area contributed by atoms with Gasteiger partial charge in [0, 0.05) is 58.2 Å². The second kappa shape index (κ2) is 13.1. The topological polar surface area (TPSA) is 104 Å². The van der Waals surface area contributed by atoms with Gasteiger partial charge in [0.05, 0.1) is 7.11 Å². The van der Waals surface area contributed by atoms with Gasteiger partial charge in [0.15, 0.2) is 5.78 Å². The van der Waals surface area contributed by atoms with Crippen molar-refractivity contribution < 1.29 is 28.8 Å². The van der Waals surface area contributed by atoms with Crippen molar-refractivity contribution in [2.75, 3.05) is 7.11 Å². The average Bonchev–Trinajstić information content (AvgIpc) is 3.25. The van der Waals surface area contributed by atoms with Crippen LogP contribution in [0.5, 0.6) is 0 Å². The number of carbonyl (C=O) groups excluding carboxylic acids is 4. The van der Waals surface area contributed by atoms with Crippen LogP contribution in [-0.4, -0.2) is 40.9 Å². The first-order valence-corrected chi connectivity index (χ1v) is 13.2. The summed E-state index contributed by atoms with van der Waals surface area (Å²) in [5.74, 6) is -1.30. The highest BCUT2D eigenvalue weighted by Gasteiger charge is 2.21. The number of carbonyl (C=O) groups is 4. The van der Waals surface area contributed by atoms with Gasteiger partial charge in [-0.15, -0.1) is 0 Å². The largest absolute Gasteiger partial charge is 0.469 e. The Morgan fingerprint density at radius 2 is 1.53 bits per heavy atom. The van der Waals surface area contributed by atoms with Gasteiger partial charge < -0.3 is 14.1 Å². The van der Waals surface area contributed by atoms with E-state index >= 15 is 0 Å². The van der Waals surface area contributed by atoms with E-state index in [2.05, 4.69) is 28.3 Å². The molecule has 3 rings (SSSR count). The molecule has 1 aromatic heterocycles. The molecule has 0 bridgehead atoms. The quantitative estimate of drug-likeness (QED) is 0.0865. The van der Waals surface area contributed by atoms with Crippen molar-refractivity contribution in [3.8, 4) is 0 Å². The molecule has 0 N–H and O–H groups in total. The highest BCUT2D eigenvalue weighted by atomic mass is 16.7. The van der Waals surface area contributed by atoms with Crippen LogP contribution >= 0.6 is 0 Å². The number of Topliss-reactive ketones (excluding diaryl/α,β-unsaturated/α-hetero) is 2. The zero-order chi connectivity index (χ0) is 27.8. The van der Waals surface area contributed by atoms with Crippen LogP contribution in [-0.2, 0) is 25.7 Å². The van der Waals surface area contributed by atoms with E-state index in [-0.39, 0.29) is 42.5 Å². The van der Waals surface area contributed by atoms with E-state index in [9.17, 15) is 19.2 Å². The number of nitrogens with zero attached hydrogens (tertiary/aromatic N) is 2. The molecule has 3 aromatic rings. The van der Waals surface area contributed by atoms with E-state index in [0.717, 1.165) is 41.2 Å². The monoisotopic (exact) mass is 520 g/mol. The minimum Gasteiger partial charge on any atom is -0.469 e. The zero-order valence-corrected chi connectivity index (χ0v) is 22.8. The number of hydrogen-bond acceptors (Lipinski definition) is 7. The summed E-state index contributed by atoms with van der Waals surface area (Å²) in [6.07, 6.45) is 2.46. The first-order valence-electron chi connectivity index (χ1n) is 13.2. The Bertz CT molecular complexity index is 1380. The standard InChI is InChI=1S/C30H36N2O6/c1-6-10-19(4)29(35)20-13-15-25-22(17-20)23-18-21(14-16-26(23)32(25)8-3)30(36)24(31-38-27(33)7-2)11-9-12-28(34)37-5/h13-19H,6-12H2,1-5H3. The molecule has 8 nitrogen and oxygen atoms in total. The Labute approximate surface area is 223 Å². The number of ether oxygens (including phenoxy) is 1. The number of ketones is 2. The molecule has 0 aliphatic heterocycles. The molecular weight excluding hydrogens is 484 g/mol. The Morgan fingerprint density at radius 1 is 0.895 bits per heavy atom. The smallest absolute Gasteiger partial charge is 0.334 e. The van der Waals surface area contributed by atoms with Crippen LogP contribution in [0.25, 0.3) is 21.8 Å². The molecule has 202 valence electrons. The zero-order valence-electron chi connectivity index (χ0n) is 22.8. The summed E-state index contributed by atoms with van der Waals surface area (Å²) in [4.78, 5) is 54.7. The lowest BCUT2D eigenvalue weighted by atomic mass is 9.94. The highest BCUT2D eigenvalue weighted by molar-refractivity contribution is 6.46. The number of aromatic nitrogens is 1. The van der Waals surface area contributed by atoms with Gasteiger partial charge in [-0.25, -0.2) is 4.79 Å². The molecule has 1 unspecified atom stereocenters. The Morgan fingerprint density at radius 3 is 2.11 bits per heavy atom. The predicted molar refractivity (Wildman–Crippen MR) is 148 cm³/mol. The molecule has 0 saturated carbocycles. The fraction of sp³-hybridized carbons (Fsp3) is 0.433. The molecule has 0 aliphatic carbocycles. The number of oxime groups is 1. The number of esters is 1. The second-order valence-electron chi connectivity index (χ2n) is 9.38. The van der Waals surface area contributed by atoms with Gasteiger partial charge in [0.25, 0.3) is 0 Å². The van der Waals surface area contributed by atoms with Crippen molar-refractivity contribution in [3.63, 3.8) is 0 Å². The molecular formula is C30H36N2O6. The van der Waals surface area contributed by atoms with E-state index in [4.69, 9.17) is 4.84 Å². The van der Waals surface area contributed by atoms with Gasteiger partial charge in [-0.05, 0) is 62.6 Å². The van der Waals surface area contributed by atoms with Crippen LogP contribution in [0.4, 0.5) is 0 Å². The van der Waals surface area contributed by atoms with Crippen molar-refractivity contribution in [2.45, 2.75) is 72.8 Å². The van der Waals surface area contributed by atoms with Crippen LogP contribution in [0.2, 0.25) is 0 Å². The Kier molecular flexibility index (Phi) is 9.93. The number of methoxy groups -OCH3 is 1. The van der Waals surface area contributed by atoms with Crippen molar-refractivity contribution in [1.82, 2.24) is 4.57 Å². The van der Waals surface area contributed by atoms with Crippen LogP contribution in [0.1, 0.15) is 86.9 Å². The van der Waals surface area contributed by atoms with Crippen LogP contribution in [0.15, 0.2) is 41.6 Å². The van der Waals surface area contributed by atoms with Gasteiger partial charge in [0.1, 0.15) is 5.71 Å². The average molecular weight is 521 g/mol. The third kappa shape index (κ3) is 6.36. The Balaban J connectivity index is 2.05. The number of rotatable bonds is 13. The molecule has 1 atom stereocenters. The molecule has 0 aliphatic rings. The second-order valence-corrected chi connectivity index (χ2v) is 9.38. The molecule has 0 fully saturated rings. The lowest BCUT2D eigenvalue weighted by molar-refractivity contribution is -0.143. The first-order chi connectivity index (χ1) is 18.2. The summed E-state index contributed by atoms with van der Waals surface area (Å²) < 4.78 is 6.82. The fourth-order valence-corrected chi connectivity index (χ4v) is 4.63. The minimum atomic E-state index is -0.556. The van der Waals surface area contributed by atoms with Gasteiger partial charge in [-0.3, -0.25) is 14.4 Å². The Hall–Kier alpha value is -3.81. The third-order valence-corrected chi connectivity index (χ3v) is 6.73. The molecule has 0 radical (unpaired) electrons. The summed E-state index contributed by atoms with van der Waals surface area (Å²) in [7, 11) is 1.30. The SMILES string of the molecule is CCCC(C)C(=O)c1ccc2c(c1)c1cc(C(=O)C(CCCC(=O)OC)=NOC(=O)CC)ccc1n2CC. The van der Waals surface area contributed by atoms with Crippen LogP contribution in [0, 0.1) is 5.92 Å². The molecule has 0 amide bonds. The summed E-state index contributed by atoms with van der Waals surface area (Å²) in [6.45, 7) is 8.43. The molecule has 2 aromatic carbocycles.